The van der Waals surface area contributed by atoms with E-state index in [1.807, 2.05) is 18.2 Å². The summed E-state index contributed by atoms with van der Waals surface area (Å²) in [6.45, 7) is 0. The standard InChI is InChI=1S/C10H5IN2OS/c11-15-5-4-8-2-1-3-10-12-6-9(7-14)13(8)10/h1-3,6-7H. The van der Waals surface area contributed by atoms with Crippen molar-refractivity contribution in [1.82, 2.24) is 9.38 Å². The zero-order chi connectivity index (χ0) is 10.7. The Bertz CT molecular complexity index is 568. The summed E-state index contributed by atoms with van der Waals surface area (Å²) >= 11 is 2.10. The summed E-state index contributed by atoms with van der Waals surface area (Å²) in [4.78, 5) is 14.9. The SMILES string of the molecule is O=Cc1cnc2cccc(C#CSI)n12. The molecule has 0 bridgehead atoms. The summed E-state index contributed by atoms with van der Waals surface area (Å²) < 4.78 is 1.74. The van der Waals surface area contributed by atoms with Gasteiger partial charge in [0.2, 0.25) is 0 Å². The molecule has 2 heterocycles. The lowest BCUT2D eigenvalue weighted by atomic mass is 10.3. The number of carbonyl (C=O) groups is 1. The van der Waals surface area contributed by atoms with Gasteiger partial charge in [0.15, 0.2) is 6.29 Å². The highest BCUT2D eigenvalue weighted by molar-refractivity contribution is 14.2. The Hall–Kier alpha value is -1.000. The van der Waals surface area contributed by atoms with Crippen molar-refractivity contribution in [2.24, 2.45) is 0 Å². The highest BCUT2D eigenvalue weighted by Gasteiger charge is 2.04. The summed E-state index contributed by atoms with van der Waals surface area (Å²) in [6, 6.07) is 5.58. The number of hydrogen-bond donors (Lipinski definition) is 0. The molecular weight excluding hydrogens is 323 g/mol. The van der Waals surface area contributed by atoms with Gasteiger partial charge in [-0.1, -0.05) is 6.07 Å². The molecule has 0 aliphatic carbocycles. The van der Waals surface area contributed by atoms with Crippen LogP contribution in [0.3, 0.4) is 0 Å². The van der Waals surface area contributed by atoms with Crippen molar-refractivity contribution in [3.05, 3.63) is 35.8 Å². The Morgan fingerprint density at radius 2 is 2.40 bits per heavy atom. The number of pyridine rings is 1. The normalized spacial score (nSPS) is 9.67. The quantitative estimate of drug-likeness (QED) is 0.458. The van der Waals surface area contributed by atoms with Gasteiger partial charge in [-0.3, -0.25) is 9.20 Å². The third-order valence-corrected chi connectivity index (χ3v) is 2.73. The highest BCUT2D eigenvalue weighted by atomic mass is 127. The Morgan fingerprint density at radius 3 is 3.13 bits per heavy atom. The zero-order valence-electron chi connectivity index (χ0n) is 7.48. The maximum absolute atomic E-state index is 10.8. The van der Waals surface area contributed by atoms with Crippen LogP contribution in [0.15, 0.2) is 24.4 Å². The van der Waals surface area contributed by atoms with Crippen LogP contribution in [0, 0.1) is 11.2 Å². The van der Waals surface area contributed by atoms with Crippen LogP contribution in [0.25, 0.3) is 5.65 Å². The van der Waals surface area contributed by atoms with E-state index in [1.165, 1.54) is 8.93 Å². The van der Waals surface area contributed by atoms with Crippen LogP contribution in [0.2, 0.25) is 0 Å². The number of aldehydes is 1. The second-order valence-corrected chi connectivity index (χ2v) is 4.39. The van der Waals surface area contributed by atoms with Crippen molar-refractivity contribution >= 4 is 42.1 Å². The Balaban J connectivity index is 2.72. The molecule has 74 valence electrons. The molecule has 0 N–H and O–H groups in total. The molecule has 2 aromatic rings. The first-order chi connectivity index (χ1) is 7.36. The monoisotopic (exact) mass is 328 g/mol. The van der Waals surface area contributed by atoms with E-state index in [4.69, 9.17) is 0 Å². The molecule has 3 nitrogen and oxygen atoms in total. The van der Waals surface area contributed by atoms with Crippen LogP contribution in [0.1, 0.15) is 16.2 Å². The van der Waals surface area contributed by atoms with Crippen molar-refractivity contribution in [3.8, 4) is 11.2 Å². The van der Waals surface area contributed by atoms with E-state index in [2.05, 4.69) is 37.4 Å². The Kier molecular flexibility index (Phi) is 3.28. The summed E-state index contributed by atoms with van der Waals surface area (Å²) in [5, 5.41) is 2.89. The number of hydrogen-bond acceptors (Lipinski definition) is 3. The molecule has 0 amide bonds. The maximum atomic E-state index is 10.8. The van der Waals surface area contributed by atoms with E-state index >= 15 is 0 Å². The lowest BCUT2D eigenvalue weighted by Gasteiger charge is -1.98. The molecular formula is C10H5IN2OS. The van der Waals surface area contributed by atoms with Crippen molar-refractivity contribution in [2.45, 2.75) is 0 Å². The molecule has 0 atom stereocenters. The van der Waals surface area contributed by atoms with Crippen LogP contribution in [0.4, 0.5) is 0 Å². The molecule has 0 radical (unpaired) electrons. The average molecular weight is 328 g/mol. The highest BCUT2D eigenvalue weighted by Crippen LogP contribution is 2.11. The fraction of sp³-hybridized carbons (Fsp3) is 0. The molecule has 2 rings (SSSR count). The van der Waals surface area contributed by atoms with Gasteiger partial charge in [-0.05, 0) is 32.2 Å². The third kappa shape index (κ3) is 2.01. The predicted molar refractivity (Wildman–Crippen MR) is 69.1 cm³/mol. The van der Waals surface area contributed by atoms with Crippen LogP contribution < -0.4 is 0 Å². The minimum Gasteiger partial charge on any atom is -0.296 e. The molecule has 0 aliphatic heterocycles. The number of rotatable bonds is 1. The Morgan fingerprint density at radius 1 is 1.53 bits per heavy atom. The van der Waals surface area contributed by atoms with Gasteiger partial charge in [0.05, 0.1) is 11.9 Å². The summed E-state index contributed by atoms with van der Waals surface area (Å²) in [7, 11) is 1.41. The number of fused-ring (bicyclic) bond motifs is 1. The van der Waals surface area contributed by atoms with Gasteiger partial charge >= 0.3 is 0 Å². The number of halogens is 1. The zero-order valence-corrected chi connectivity index (χ0v) is 10.4. The summed E-state index contributed by atoms with van der Waals surface area (Å²) in [6.07, 6.45) is 2.33. The van der Waals surface area contributed by atoms with Gasteiger partial charge in [0.1, 0.15) is 11.3 Å². The van der Waals surface area contributed by atoms with Crippen LogP contribution in [-0.4, -0.2) is 15.7 Å². The number of nitrogens with zero attached hydrogens (tertiary/aromatic N) is 2. The van der Waals surface area contributed by atoms with Crippen LogP contribution in [-0.2, 0) is 0 Å². The van der Waals surface area contributed by atoms with Crippen molar-refractivity contribution in [1.29, 1.82) is 0 Å². The van der Waals surface area contributed by atoms with Crippen molar-refractivity contribution < 1.29 is 4.79 Å². The fourth-order valence-electron chi connectivity index (χ4n) is 1.31. The molecule has 5 heteroatoms. The number of aromatic nitrogens is 2. The second kappa shape index (κ2) is 4.68. The molecule has 15 heavy (non-hydrogen) atoms. The van der Waals surface area contributed by atoms with E-state index in [0.29, 0.717) is 5.69 Å². The summed E-state index contributed by atoms with van der Waals surface area (Å²) in [5.41, 5.74) is 2.03. The van der Waals surface area contributed by atoms with Gasteiger partial charge in [-0.2, -0.15) is 0 Å². The largest absolute Gasteiger partial charge is 0.296 e. The number of imidazole rings is 1. The molecule has 0 saturated carbocycles. The van der Waals surface area contributed by atoms with Crippen molar-refractivity contribution in [2.75, 3.05) is 0 Å². The molecule has 0 aliphatic rings. The van der Waals surface area contributed by atoms with Gasteiger partial charge in [-0.25, -0.2) is 4.98 Å². The van der Waals surface area contributed by atoms with Gasteiger partial charge in [0, 0.05) is 21.2 Å². The molecule has 0 unspecified atom stereocenters. The molecule has 0 saturated heterocycles. The fourth-order valence-corrected chi connectivity index (χ4v) is 1.79. The van der Waals surface area contributed by atoms with E-state index in [0.717, 1.165) is 17.6 Å². The lowest BCUT2D eigenvalue weighted by Crippen LogP contribution is -1.95. The molecule has 0 aromatic carbocycles. The lowest BCUT2D eigenvalue weighted by molar-refractivity contribution is 0.111. The topological polar surface area (TPSA) is 34.4 Å². The van der Waals surface area contributed by atoms with E-state index < -0.39 is 0 Å². The second-order valence-electron chi connectivity index (χ2n) is 2.71. The van der Waals surface area contributed by atoms with Gasteiger partial charge < -0.3 is 0 Å². The molecule has 0 spiro atoms. The minimum absolute atomic E-state index is 0.522. The smallest absolute Gasteiger partial charge is 0.168 e. The van der Waals surface area contributed by atoms with Gasteiger partial charge in [-0.15, -0.1) is 0 Å². The Labute approximate surface area is 103 Å². The number of carbonyl (C=O) groups excluding carboxylic acids is 1. The first kappa shape index (κ1) is 10.5. The van der Waals surface area contributed by atoms with E-state index in [9.17, 15) is 4.79 Å². The molecule has 2 aromatic heterocycles. The first-order valence-electron chi connectivity index (χ1n) is 4.07. The maximum Gasteiger partial charge on any atom is 0.168 e. The average Bonchev–Trinajstić information content (AvgIpc) is 2.69. The van der Waals surface area contributed by atoms with Crippen LogP contribution >= 0.6 is 30.1 Å². The summed E-state index contributed by atoms with van der Waals surface area (Å²) in [5.74, 6) is 2.97. The minimum atomic E-state index is 0.522. The van der Waals surface area contributed by atoms with E-state index in [-0.39, 0.29) is 0 Å². The predicted octanol–water partition coefficient (Wildman–Crippen LogP) is 2.54. The first-order valence-corrected chi connectivity index (χ1v) is 7.43. The van der Waals surface area contributed by atoms with Gasteiger partial charge in [0.25, 0.3) is 0 Å². The van der Waals surface area contributed by atoms with Crippen molar-refractivity contribution in [3.63, 3.8) is 0 Å². The third-order valence-electron chi connectivity index (χ3n) is 1.90. The van der Waals surface area contributed by atoms with E-state index in [1.54, 1.807) is 10.6 Å². The van der Waals surface area contributed by atoms with Crippen LogP contribution in [0.5, 0.6) is 0 Å². The molecule has 0 fully saturated rings.